The van der Waals surface area contributed by atoms with Gasteiger partial charge in [-0.15, -0.1) is 0 Å². The van der Waals surface area contributed by atoms with Gasteiger partial charge in [-0.3, -0.25) is 9.69 Å². The summed E-state index contributed by atoms with van der Waals surface area (Å²) in [4.78, 5) is 24.6. The molecule has 0 unspecified atom stereocenters. The smallest absolute Gasteiger partial charge is 0.269 e. The lowest BCUT2D eigenvalue weighted by atomic mass is 10.1. The first-order valence-corrected chi connectivity index (χ1v) is 12.7. The predicted molar refractivity (Wildman–Crippen MR) is 140 cm³/mol. The average molecular weight is 472 g/mol. The van der Waals surface area contributed by atoms with Crippen molar-refractivity contribution in [3.05, 3.63) is 99.9 Å². The van der Waals surface area contributed by atoms with Crippen LogP contribution in [0, 0.1) is 0 Å². The highest BCUT2D eigenvalue weighted by molar-refractivity contribution is 8.19. The molecule has 0 aromatic heterocycles. The van der Waals surface area contributed by atoms with E-state index in [0.29, 0.717) is 6.54 Å². The molecular formula is C27H25N3OS2. The lowest BCUT2D eigenvalue weighted by Gasteiger charge is -2.17. The zero-order chi connectivity index (χ0) is 22.8. The van der Waals surface area contributed by atoms with E-state index < -0.39 is 0 Å². The summed E-state index contributed by atoms with van der Waals surface area (Å²) in [5, 5.41) is 1.70. The fraction of sp³-hybridized carbons (Fsp3) is 0.185. The Balaban J connectivity index is 1.57. The minimum atomic E-state index is 0.0118. The molecule has 0 spiro atoms. The summed E-state index contributed by atoms with van der Waals surface area (Å²) in [6.07, 6.45) is 2.02. The number of anilines is 1. The van der Waals surface area contributed by atoms with E-state index >= 15 is 0 Å². The lowest BCUT2D eigenvalue weighted by molar-refractivity contribution is -0.122. The Morgan fingerprint density at radius 3 is 2.39 bits per heavy atom. The Hall–Kier alpha value is -2.96. The van der Waals surface area contributed by atoms with Crippen molar-refractivity contribution in [2.75, 3.05) is 11.9 Å². The number of aryl methyl sites for hydroxylation is 1. The van der Waals surface area contributed by atoms with Crippen LogP contribution in [0.3, 0.4) is 0 Å². The molecule has 1 saturated heterocycles. The fourth-order valence-electron chi connectivity index (χ4n) is 4.03. The molecule has 3 aromatic rings. The van der Waals surface area contributed by atoms with E-state index in [2.05, 4.69) is 48.2 Å². The molecule has 3 aromatic carbocycles. The average Bonchev–Trinajstić information content (AvgIpc) is 3.33. The van der Waals surface area contributed by atoms with Crippen LogP contribution in [-0.2, 0) is 17.8 Å². The Morgan fingerprint density at radius 2 is 1.61 bits per heavy atom. The number of fused-ring (bicyclic) bond motifs is 1. The van der Waals surface area contributed by atoms with Gasteiger partial charge in [0.05, 0.1) is 22.9 Å². The second kappa shape index (κ2) is 9.49. The molecule has 2 heterocycles. The maximum Gasteiger partial charge on any atom is 0.269 e. The minimum absolute atomic E-state index is 0.0118. The van der Waals surface area contributed by atoms with Gasteiger partial charge in [0, 0.05) is 11.9 Å². The van der Waals surface area contributed by atoms with Gasteiger partial charge in [0.15, 0.2) is 5.17 Å². The highest BCUT2D eigenvalue weighted by atomic mass is 32.2. The van der Waals surface area contributed by atoms with Gasteiger partial charge in [-0.1, -0.05) is 85.8 Å². The maximum atomic E-state index is 13.7. The van der Waals surface area contributed by atoms with Crippen molar-refractivity contribution in [3.63, 3.8) is 0 Å². The van der Waals surface area contributed by atoms with Gasteiger partial charge in [-0.25, -0.2) is 4.99 Å². The highest BCUT2D eigenvalue weighted by Gasteiger charge is 2.39. The maximum absolute atomic E-state index is 13.7. The van der Waals surface area contributed by atoms with Gasteiger partial charge in [0.2, 0.25) is 0 Å². The second-order valence-electron chi connectivity index (χ2n) is 8.02. The zero-order valence-corrected chi connectivity index (χ0v) is 20.3. The summed E-state index contributed by atoms with van der Waals surface area (Å²) < 4.78 is 0. The summed E-state index contributed by atoms with van der Waals surface area (Å²) in [7, 11) is 2.03. The molecule has 0 aliphatic carbocycles. The molecule has 2 aliphatic rings. The van der Waals surface area contributed by atoms with Crippen LogP contribution >= 0.6 is 23.5 Å². The number of rotatable bonds is 5. The van der Waals surface area contributed by atoms with Crippen molar-refractivity contribution < 1.29 is 4.79 Å². The molecule has 0 N–H and O–H groups in total. The first-order chi connectivity index (χ1) is 16.2. The fourth-order valence-corrected chi connectivity index (χ4v) is 6.36. The topological polar surface area (TPSA) is 35.9 Å². The van der Waals surface area contributed by atoms with Crippen LogP contribution < -0.4 is 4.90 Å². The van der Waals surface area contributed by atoms with E-state index in [1.165, 1.54) is 22.2 Å². The molecule has 2 aliphatic heterocycles. The number of hydrogen-bond donors (Lipinski definition) is 0. The van der Waals surface area contributed by atoms with Gasteiger partial charge in [0.1, 0.15) is 4.91 Å². The van der Waals surface area contributed by atoms with Crippen LogP contribution in [-0.4, -0.2) is 23.0 Å². The Bertz CT molecular complexity index is 1250. The van der Waals surface area contributed by atoms with Crippen molar-refractivity contribution in [2.45, 2.75) is 31.2 Å². The number of para-hydroxylation sites is 2. The van der Waals surface area contributed by atoms with Crippen molar-refractivity contribution in [2.24, 2.45) is 4.99 Å². The summed E-state index contributed by atoms with van der Waals surface area (Å²) in [6, 6.07) is 26.6. The lowest BCUT2D eigenvalue weighted by Crippen LogP contribution is -2.29. The molecule has 0 atom stereocenters. The molecule has 5 rings (SSSR count). The van der Waals surface area contributed by atoms with E-state index in [1.807, 2.05) is 54.4 Å². The molecule has 33 heavy (non-hydrogen) atoms. The molecule has 1 fully saturated rings. The van der Waals surface area contributed by atoms with Crippen molar-refractivity contribution in [1.82, 2.24) is 4.90 Å². The predicted octanol–water partition coefficient (Wildman–Crippen LogP) is 6.81. The number of benzene rings is 3. The molecule has 4 nitrogen and oxygen atoms in total. The van der Waals surface area contributed by atoms with Gasteiger partial charge < -0.3 is 4.90 Å². The number of carbonyl (C=O) groups excluding carboxylic acids is 1. The molecule has 166 valence electrons. The zero-order valence-electron chi connectivity index (χ0n) is 18.7. The quantitative estimate of drug-likeness (QED) is 0.383. The number of nitrogens with zero attached hydrogens (tertiary/aromatic N) is 3. The van der Waals surface area contributed by atoms with E-state index in [1.54, 1.807) is 11.8 Å². The number of amidine groups is 1. The number of aliphatic imine (C=N–C) groups is 1. The summed E-state index contributed by atoms with van der Waals surface area (Å²) in [6.45, 7) is 2.67. The number of amides is 1. The molecule has 6 heteroatoms. The standard InChI is InChI=1S/C27H25N3OS2/c1-3-11-20-14-7-8-15-21(20)28-27-30(18-19-12-5-4-6-13-19)25(31)24(33-27)26-29(2)22-16-9-10-17-23(22)32-26/h4-10,12-17H,3,11,18H2,1-2H3/b26-24-,28-27+. The molecule has 0 saturated carbocycles. The number of hydrogen-bond acceptors (Lipinski definition) is 5. The van der Waals surface area contributed by atoms with Gasteiger partial charge in [-0.2, -0.15) is 0 Å². The normalized spacial score (nSPS) is 19.0. The third kappa shape index (κ3) is 4.33. The Labute approximate surface area is 203 Å². The molecule has 0 radical (unpaired) electrons. The Kier molecular flexibility index (Phi) is 6.29. The third-order valence-electron chi connectivity index (χ3n) is 5.71. The molecule has 1 amide bonds. The molecular weight excluding hydrogens is 446 g/mol. The van der Waals surface area contributed by atoms with Crippen LogP contribution in [0.5, 0.6) is 0 Å². The number of thioether (sulfide) groups is 2. The summed E-state index contributed by atoms with van der Waals surface area (Å²) >= 11 is 3.14. The van der Waals surface area contributed by atoms with Crippen LogP contribution in [0.1, 0.15) is 24.5 Å². The molecule has 0 bridgehead atoms. The van der Waals surface area contributed by atoms with Gasteiger partial charge >= 0.3 is 0 Å². The van der Waals surface area contributed by atoms with E-state index in [-0.39, 0.29) is 5.91 Å². The third-order valence-corrected chi connectivity index (χ3v) is 8.14. The van der Waals surface area contributed by atoms with Crippen LogP contribution in [0.2, 0.25) is 0 Å². The summed E-state index contributed by atoms with van der Waals surface area (Å²) in [5.41, 5.74) is 4.37. The van der Waals surface area contributed by atoms with Crippen molar-refractivity contribution >= 4 is 46.0 Å². The van der Waals surface area contributed by atoms with E-state index in [4.69, 9.17) is 4.99 Å². The highest BCUT2D eigenvalue weighted by Crippen LogP contribution is 2.50. The first-order valence-electron chi connectivity index (χ1n) is 11.1. The van der Waals surface area contributed by atoms with Crippen LogP contribution in [0.15, 0.2) is 98.7 Å². The second-order valence-corrected chi connectivity index (χ2v) is 10.0. The minimum Gasteiger partial charge on any atom is -0.337 e. The van der Waals surface area contributed by atoms with E-state index in [9.17, 15) is 4.79 Å². The van der Waals surface area contributed by atoms with Crippen molar-refractivity contribution in [3.8, 4) is 0 Å². The van der Waals surface area contributed by atoms with Gasteiger partial charge in [0.25, 0.3) is 5.91 Å². The largest absolute Gasteiger partial charge is 0.337 e. The summed E-state index contributed by atoms with van der Waals surface area (Å²) in [5.74, 6) is 0.0118. The SMILES string of the molecule is CCCc1ccccc1/N=C1/S/C(=C2\Sc3ccccc3N2C)C(=O)N1Cc1ccccc1. The number of carbonyl (C=O) groups is 1. The van der Waals surface area contributed by atoms with Crippen molar-refractivity contribution in [1.29, 1.82) is 0 Å². The first kappa shape index (κ1) is 21.9. The monoisotopic (exact) mass is 471 g/mol. The van der Waals surface area contributed by atoms with Crippen LogP contribution in [0.4, 0.5) is 11.4 Å². The van der Waals surface area contributed by atoms with Gasteiger partial charge in [-0.05, 0) is 47.5 Å². The van der Waals surface area contributed by atoms with Crippen LogP contribution in [0.25, 0.3) is 0 Å². The Morgan fingerprint density at radius 1 is 0.879 bits per heavy atom. The van der Waals surface area contributed by atoms with E-state index in [0.717, 1.165) is 44.9 Å².